The monoisotopic (exact) mass is 415 g/mol. The molecule has 0 aliphatic carbocycles. The van der Waals surface area contributed by atoms with Gasteiger partial charge in [0, 0.05) is 20.0 Å². The van der Waals surface area contributed by atoms with Crippen molar-refractivity contribution in [3.63, 3.8) is 0 Å². The van der Waals surface area contributed by atoms with Crippen molar-refractivity contribution in [1.82, 2.24) is 15.1 Å². The van der Waals surface area contributed by atoms with Crippen LogP contribution in [-0.4, -0.2) is 57.7 Å². The maximum absolute atomic E-state index is 13.2. The number of benzene rings is 1. The number of carbonyl (C=O) groups is 5. The number of ether oxygens (including phenoxy) is 1. The molecule has 2 heterocycles. The Morgan fingerprint density at radius 1 is 1.20 bits per heavy atom. The fraction of sp³-hybridized carbons (Fsp3) is 0.476. The number of nitrogens with one attached hydrogen (secondary N) is 1. The molecule has 0 unspecified atom stereocenters. The molecule has 1 atom stereocenters. The van der Waals surface area contributed by atoms with E-state index < -0.39 is 35.0 Å². The summed E-state index contributed by atoms with van der Waals surface area (Å²) in [5.74, 6) is -2.08. The first-order valence-electron chi connectivity index (χ1n) is 9.64. The number of hydrogen-bond donors (Lipinski definition) is 1. The molecule has 0 bridgehead atoms. The van der Waals surface area contributed by atoms with E-state index in [9.17, 15) is 24.0 Å². The minimum atomic E-state index is -1.21. The molecular formula is C21H25N3O6. The van der Waals surface area contributed by atoms with Crippen LogP contribution < -0.4 is 5.32 Å². The molecule has 160 valence electrons. The van der Waals surface area contributed by atoms with Gasteiger partial charge in [0.15, 0.2) is 0 Å². The van der Waals surface area contributed by atoms with Gasteiger partial charge >= 0.3 is 6.09 Å². The number of hydrogen-bond acceptors (Lipinski definition) is 6. The molecule has 2 aliphatic rings. The molecule has 30 heavy (non-hydrogen) atoms. The maximum atomic E-state index is 13.2. The van der Waals surface area contributed by atoms with Crippen LogP contribution in [0.3, 0.4) is 0 Å². The van der Waals surface area contributed by atoms with Gasteiger partial charge in [-0.05, 0) is 45.7 Å². The number of amides is 5. The normalized spacial score (nSPS) is 21.2. The number of carbonyl (C=O) groups excluding carboxylic acids is 5. The van der Waals surface area contributed by atoms with Gasteiger partial charge in [0.05, 0.1) is 11.1 Å². The summed E-state index contributed by atoms with van der Waals surface area (Å²) in [6.07, 6.45) is -0.516. The summed E-state index contributed by atoms with van der Waals surface area (Å²) in [5.41, 5.74) is -1.19. The van der Waals surface area contributed by atoms with E-state index >= 15 is 0 Å². The maximum Gasteiger partial charge on any atom is 0.417 e. The molecule has 0 aromatic heterocycles. The fourth-order valence-electron chi connectivity index (χ4n) is 3.58. The topological polar surface area (TPSA) is 113 Å². The number of piperidine rings is 1. The second-order valence-corrected chi connectivity index (χ2v) is 8.73. The summed E-state index contributed by atoms with van der Waals surface area (Å²) in [7, 11) is 1.29. The zero-order valence-electron chi connectivity index (χ0n) is 17.7. The molecule has 9 nitrogen and oxygen atoms in total. The van der Waals surface area contributed by atoms with Crippen LogP contribution in [0.4, 0.5) is 4.79 Å². The third kappa shape index (κ3) is 3.67. The summed E-state index contributed by atoms with van der Waals surface area (Å²) in [6.45, 7) is 6.79. The van der Waals surface area contributed by atoms with E-state index in [2.05, 4.69) is 5.32 Å². The predicted octanol–water partition coefficient (Wildman–Crippen LogP) is 1.84. The lowest BCUT2D eigenvalue weighted by Crippen LogP contribution is -2.61. The molecule has 3 rings (SSSR count). The Morgan fingerprint density at radius 2 is 1.87 bits per heavy atom. The Labute approximate surface area is 174 Å². The van der Waals surface area contributed by atoms with Crippen molar-refractivity contribution in [3.05, 3.63) is 34.9 Å². The van der Waals surface area contributed by atoms with Crippen LogP contribution in [-0.2, 0) is 20.9 Å². The van der Waals surface area contributed by atoms with Gasteiger partial charge in [-0.2, -0.15) is 0 Å². The Morgan fingerprint density at radius 3 is 2.47 bits per heavy atom. The number of rotatable bonds is 2. The third-order valence-electron chi connectivity index (χ3n) is 5.32. The Kier molecular flexibility index (Phi) is 5.17. The van der Waals surface area contributed by atoms with Crippen molar-refractivity contribution < 1.29 is 28.7 Å². The molecule has 0 spiro atoms. The van der Waals surface area contributed by atoms with E-state index in [1.165, 1.54) is 18.0 Å². The van der Waals surface area contributed by atoms with E-state index in [4.69, 9.17) is 4.74 Å². The van der Waals surface area contributed by atoms with Crippen molar-refractivity contribution in [2.45, 2.75) is 58.2 Å². The van der Waals surface area contributed by atoms with Crippen molar-refractivity contribution in [3.8, 4) is 0 Å². The average Bonchev–Trinajstić information content (AvgIpc) is 3.00. The smallest absolute Gasteiger partial charge is 0.417 e. The number of imide groups is 2. The summed E-state index contributed by atoms with van der Waals surface area (Å²) in [6, 6.07) is 4.79. The van der Waals surface area contributed by atoms with Crippen molar-refractivity contribution >= 4 is 29.7 Å². The Bertz CT molecular complexity index is 964. The fourth-order valence-corrected chi connectivity index (χ4v) is 3.58. The van der Waals surface area contributed by atoms with Crippen LogP contribution in [0, 0.1) is 0 Å². The lowest BCUT2D eigenvalue weighted by atomic mass is 9.89. The number of fused-ring (bicyclic) bond motifs is 1. The molecule has 1 aromatic rings. The molecule has 9 heteroatoms. The molecule has 0 radical (unpaired) electrons. The first-order chi connectivity index (χ1) is 13.8. The second-order valence-electron chi connectivity index (χ2n) is 8.73. The summed E-state index contributed by atoms with van der Waals surface area (Å²) in [5, 5.41) is 2.28. The minimum Gasteiger partial charge on any atom is -0.443 e. The summed E-state index contributed by atoms with van der Waals surface area (Å²) < 4.78 is 5.23. The lowest BCUT2D eigenvalue weighted by Gasteiger charge is -2.39. The van der Waals surface area contributed by atoms with Crippen molar-refractivity contribution in [2.75, 3.05) is 7.05 Å². The predicted molar refractivity (Wildman–Crippen MR) is 105 cm³/mol. The van der Waals surface area contributed by atoms with Gasteiger partial charge in [-0.1, -0.05) is 12.1 Å². The largest absolute Gasteiger partial charge is 0.443 e. The first kappa shape index (κ1) is 21.5. The van der Waals surface area contributed by atoms with Gasteiger partial charge in [-0.25, -0.2) is 9.69 Å². The van der Waals surface area contributed by atoms with Crippen LogP contribution in [0.5, 0.6) is 0 Å². The Hall–Kier alpha value is -3.23. The molecular weight excluding hydrogens is 390 g/mol. The van der Waals surface area contributed by atoms with E-state index in [0.29, 0.717) is 5.56 Å². The van der Waals surface area contributed by atoms with Gasteiger partial charge < -0.3 is 9.64 Å². The highest BCUT2D eigenvalue weighted by Crippen LogP contribution is 2.35. The minimum absolute atomic E-state index is 0.0595. The molecule has 2 aliphatic heterocycles. The Balaban J connectivity index is 1.91. The average molecular weight is 415 g/mol. The first-order valence-corrected chi connectivity index (χ1v) is 9.64. The molecule has 1 saturated heterocycles. The van der Waals surface area contributed by atoms with Gasteiger partial charge in [-0.15, -0.1) is 0 Å². The van der Waals surface area contributed by atoms with Gasteiger partial charge in [0.2, 0.25) is 5.91 Å². The molecule has 5 amide bonds. The van der Waals surface area contributed by atoms with Crippen LogP contribution in [0.15, 0.2) is 18.2 Å². The van der Waals surface area contributed by atoms with Crippen LogP contribution >= 0.6 is 0 Å². The summed E-state index contributed by atoms with van der Waals surface area (Å²) in [4.78, 5) is 64.7. The summed E-state index contributed by atoms with van der Waals surface area (Å²) >= 11 is 0. The zero-order valence-corrected chi connectivity index (χ0v) is 17.7. The SMILES string of the molecule is CN(C(=O)OC(C)(C)C)C(=O)c1cccc2c1C(=O)N([C@@]1(C)CCC(=O)NC1=O)C2. The second kappa shape index (κ2) is 7.23. The van der Waals surface area contributed by atoms with Crippen LogP contribution in [0.2, 0.25) is 0 Å². The zero-order chi connectivity index (χ0) is 22.4. The standard InChI is InChI=1S/C21H25N3O6/c1-20(2,3)30-19(29)23(5)16(26)13-8-6-7-12-11-24(17(27)15(12)13)21(4)10-9-14(25)22-18(21)28/h6-8H,9-11H2,1-5H3,(H,22,25,28)/t21-/m0/s1. The van der Waals surface area contributed by atoms with Gasteiger partial charge in [0.1, 0.15) is 11.1 Å². The highest BCUT2D eigenvalue weighted by molar-refractivity contribution is 6.14. The van der Waals surface area contributed by atoms with Crippen molar-refractivity contribution in [1.29, 1.82) is 0 Å². The third-order valence-corrected chi connectivity index (χ3v) is 5.32. The molecule has 1 fully saturated rings. The molecule has 0 saturated carbocycles. The van der Waals surface area contributed by atoms with E-state index in [-0.39, 0.29) is 36.4 Å². The van der Waals surface area contributed by atoms with Gasteiger partial charge in [0.25, 0.3) is 17.7 Å². The molecule has 1 aromatic carbocycles. The number of nitrogens with zero attached hydrogens (tertiary/aromatic N) is 2. The lowest BCUT2D eigenvalue weighted by molar-refractivity contribution is -0.142. The van der Waals surface area contributed by atoms with Gasteiger partial charge in [-0.3, -0.25) is 24.5 Å². The quantitative estimate of drug-likeness (QED) is 0.738. The van der Waals surface area contributed by atoms with E-state index in [1.54, 1.807) is 39.8 Å². The van der Waals surface area contributed by atoms with E-state index in [1.807, 2.05) is 0 Å². The van der Waals surface area contributed by atoms with E-state index in [0.717, 1.165) is 4.90 Å². The van der Waals surface area contributed by atoms with Crippen molar-refractivity contribution in [2.24, 2.45) is 0 Å². The van der Waals surface area contributed by atoms with Crippen LogP contribution in [0.1, 0.15) is 66.8 Å². The van der Waals surface area contributed by atoms with Crippen LogP contribution in [0.25, 0.3) is 0 Å². The highest BCUT2D eigenvalue weighted by Gasteiger charge is 2.49. The molecule has 1 N–H and O–H groups in total. The highest BCUT2D eigenvalue weighted by atomic mass is 16.6.